The molecule has 0 aromatic rings. The average Bonchev–Trinajstić information content (AvgIpc) is 2.17. The molecule has 0 N–H and O–H groups in total. The molecule has 1 fully saturated rings. The van der Waals surface area contributed by atoms with E-state index in [-0.39, 0.29) is 6.10 Å². The molecule has 1 heterocycles. The average molecular weight is 150 g/mol. The van der Waals surface area contributed by atoms with Gasteiger partial charge in [-0.15, -0.1) is 0 Å². The molecule has 0 radical (unpaired) electrons. The van der Waals surface area contributed by atoms with E-state index in [9.17, 15) is 4.21 Å². The van der Waals surface area contributed by atoms with E-state index in [1.807, 2.05) is 0 Å². The maximum absolute atomic E-state index is 10.6. The molecule has 2 atom stereocenters. The lowest BCUT2D eigenvalue weighted by Crippen LogP contribution is -2.12. The molecular formula is C5H10O3S. The highest BCUT2D eigenvalue weighted by Crippen LogP contribution is 2.11. The number of methoxy groups -OCH3 is 1. The monoisotopic (exact) mass is 150 g/mol. The van der Waals surface area contributed by atoms with E-state index < -0.39 is 11.1 Å². The van der Waals surface area contributed by atoms with E-state index in [2.05, 4.69) is 0 Å². The van der Waals surface area contributed by atoms with E-state index in [1.54, 1.807) is 7.11 Å². The van der Waals surface area contributed by atoms with Crippen LogP contribution >= 0.6 is 0 Å². The van der Waals surface area contributed by atoms with E-state index in [0.717, 1.165) is 6.42 Å². The van der Waals surface area contributed by atoms with Gasteiger partial charge in [0, 0.05) is 7.11 Å². The summed E-state index contributed by atoms with van der Waals surface area (Å²) in [5.41, 5.74) is 0. The molecule has 4 heteroatoms. The summed E-state index contributed by atoms with van der Waals surface area (Å²) in [7, 11) is 1.62. The van der Waals surface area contributed by atoms with Crippen molar-refractivity contribution in [2.24, 2.45) is 0 Å². The van der Waals surface area contributed by atoms with Crippen LogP contribution in [0.5, 0.6) is 0 Å². The first-order valence-electron chi connectivity index (χ1n) is 2.87. The van der Waals surface area contributed by atoms with E-state index in [1.165, 1.54) is 0 Å². The van der Waals surface area contributed by atoms with Gasteiger partial charge >= 0.3 is 0 Å². The van der Waals surface area contributed by atoms with Crippen LogP contribution in [0.1, 0.15) is 6.42 Å². The molecule has 3 nitrogen and oxygen atoms in total. The van der Waals surface area contributed by atoms with Crippen LogP contribution < -0.4 is 0 Å². The fourth-order valence-electron chi connectivity index (χ4n) is 0.773. The summed E-state index contributed by atoms with van der Waals surface area (Å²) in [6, 6.07) is 0. The van der Waals surface area contributed by atoms with Gasteiger partial charge in [-0.3, -0.25) is 4.18 Å². The number of hydrogen-bond donors (Lipinski definition) is 0. The van der Waals surface area contributed by atoms with Crippen LogP contribution in [-0.4, -0.2) is 29.8 Å². The Morgan fingerprint density at radius 2 is 2.67 bits per heavy atom. The minimum atomic E-state index is -1.03. The molecule has 0 aromatic carbocycles. The summed E-state index contributed by atoms with van der Waals surface area (Å²) in [5, 5.41) is 0. The van der Waals surface area contributed by atoms with Crippen LogP contribution in [0.2, 0.25) is 0 Å². The quantitative estimate of drug-likeness (QED) is 0.559. The molecule has 1 aliphatic rings. The van der Waals surface area contributed by atoms with Crippen molar-refractivity contribution in [2.75, 3.05) is 19.5 Å². The molecule has 1 saturated heterocycles. The number of ether oxygens (including phenoxy) is 1. The molecular weight excluding hydrogens is 140 g/mol. The van der Waals surface area contributed by atoms with Crippen LogP contribution in [0.15, 0.2) is 0 Å². The van der Waals surface area contributed by atoms with Crippen molar-refractivity contribution in [3.05, 3.63) is 0 Å². The van der Waals surface area contributed by atoms with Crippen LogP contribution in [-0.2, 0) is 20.0 Å². The highest BCUT2D eigenvalue weighted by atomic mass is 32.2. The number of rotatable bonds is 2. The zero-order chi connectivity index (χ0) is 6.69. The van der Waals surface area contributed by atoms with E-state index in [0.29, 0.717) is 12.4 Å². The SMILES string of the molecule is COCC1CCS(=O)O1. The zero-order valence-electron chi connectivity index (χ0n) is 5.33. The molecule has 0 amide bonds. The largest absolute Gasteiger partial charge is 0.382 e. The van der Waals surface area contributed by atoms with Gasteiger partial charge in [0.25, 0.3) is 0 Å². The van der Waals surface area contributed by atoms with Crippen molar-refractivity contribution in [3.63, 3.8) is 0 Å². The summed E-state index contributed by atoms with van der Waals surface area (Å²) < 4.78 is 20.3. The smallest absolute Gasteiger partial charge is 0.155 e. The Morgan fingerprint density at radius 3 is 3.11 bits per heavy atom. The van der Waals surface area contributed by atoms with Crippen LogP contribution in [0.4, 0.5) is 0 Å². The van der Waals surface area contributed by atoms with Crippen molar-refractivity contribution < 1.29 is 13.1 Å². The van der Waals surface area contributed by atoms with Crippen LogP contribution in [0, 0.1) is 0 Å². The van der Waals surface area contributed by atoms with Gasteiger partial charge in [0.05, 0.1) is 18.5 Å². The van der Waals surface area contributed by atoms with Gasteiger partial charge in [-0.2, -0.15) is 0 Å². The van der Waals surface area contributed by atoms with E-state index in [4.69, 9.17) is 8.92 Å². The molecule has 1 aliphatic heterocycles. The van der Waals surface area contributed by atoms with E-state index >= 15 is 0 Å². The summed E-state index contributed by atoms with van der Waals surface area (Å²) >= 11 is -1.03. The molecule has 0 bridgehead atoms. The second-order valence-corrected chi connectivity index (χ2v) is 3.18. The highest BCUT2D eigenvalue weighted by molar-refractivity contribution is 7.80. The lowest BCUT2D eigenvalue weighted by Gasteiger charge is -2.03. The van der Waals surface area contributed by atoms with Gasteiger partial charge < -0.3 is 4.74 Å². The topological polar surface area (TPSA) is 35.5 Å². The first-order chi connectivity index (χ1) is 4.33. The van der Waals surface area contributed by atoms with Gasteiger partial charge in [0.1, 0.15) is 0 Å². The third-order valence-electron chi connectivity index (χ3n) is 1.20. The maximum Gasteiger partial charge on any atom is 0.155 e. The standard InChI is InChI=1S/C5H10O3S/c1-7-4-5-2-3-9(6)8-5/h5H,2-4H2,1H3. The lowest BCUT2D eigenvalue weighted by molar-refractivity contribution is 0.0999. The molecule has 0 saturated carbocycles. The summed E-state index contributed by atoms with van der Waals surface area (Å²) in [4.78, 5) is 0. The van der Waals surface area contributed by atoms with Gasteiger partial charge in [0.15, 0.2) is 11.1 Å². The van der Waals surface area contributed by atoms with Crippen molar-refractivity contribution in [3.8, 4) is 0 Å². The minimum absolute atomic E-state index is 0.0656. The van der Waals surface area contributed by atoms with Crippen molar-refractivity contribution in [1.29, 1.82) is 0 Å². The highest BCUT2D eigenvalue weighted by Gasteiger charge is 2.21. The molecule has 0 aromatic heterocycles. The summed E-state index contributed by atoms with van der Waals surface area (Å²) in [6.07, 6.45) is 0.927. The van der Waals surface area contributed by atoms with Gasteiger partial charge in [-0.25, -0.2) is 4.21 Å². The normalized spacial score (nSPS) is 35.2. The summed E-state index contributed by atoms with van der Waals surface area (Å²) in [5.74, 6) is 0.661. The third-order valence-corrected chi connectivity index (χ3v) is 2.26. The van der Waals surface area contributed by atoms with Crippen molar-refractivity contribution in [1.82, 2.24) is 0 Å². The van der Waals surface area contributed by atoms with Crippen molar-refractivity contribution in [2.45, 2.75) is 12.5 Å². The second kappa shape index (κ2) is 3.29. The predicted molar refractivity (Wildman–Crippen MR) is 34.4 cm³/mol. The molecule has 54 valence electrons. The fraction of sp³-hybridized carbons (Fsp3) is 1.00. The predicted octanol–water partition coefficient (Wildman–Crippen LogP) is 0.0854. The Labute approximate surface area is 57.0 Å². The zero-order valence-corrected chi connectivity index (χ0v) is 6.15. The first-order valence-corrected chi connectivity index (χ1v) is 4.12. The summed E-state index contributed by atoms with van der Waals surface area (Å²) in [6.45, 7) is 0.561. The lowest BCUT2D eigenvalue weighted by atomic mass is 10.3. The Balaban J connectivity index is 2.22. The first kappa shape index (κ1) is 7.18. The van der Waals surface area contributed by atoms with Gasteiger partial charge in [-0.1, -0.05) is 0 Å². The van der Waals surface area contributed by atoms with Crippen LogP contribution in [0.3, 0.4) is 0 Å². The Kier molecular flexibility index (Phi) is 2.63. The molecule has 0 spiro atoms. The minimum Gasteiger partial charge on any atom is -0.382 e. The second-order valence-electron chi connectivity index (χ2n) is 1.97. The fourth-order valence-corrected chi connectivity index (χ4v) is 1.78. The Hall–Kier alpha value is 0.0700. The number of hydrogen-bond acceptors (Lipinski definition) is 3. The molecule has 0 aliphatic carbocycles. The Bertz CT molecular complexity index is 115. The molecule has 2 unspecified atom stereocenters. The van der Waals surface area contributed by atoms with Gasteiger partial charge in [0.2, 0.25) is 0 Å². The molecule has 1 rings (SSSR count). The third kappa shape index (κ3) is 2.04. The Morgan fingerprint density at radius 1 is 1.89 bits per heavy atom. The van der Waals surface area contributed by atoms with Crippen molar-refractivity contribution >= 4 is 11.1 Å². The van der Waals surface area contributed by atoms with Crippen LogP contribution in [0.25, 0.3) is 0 Å². The molecule has 9 heavy (non-hydrogen) atoms. The van der Waals surface area contributed by atoms with Gasteiger partial charge in [-0.05, 0) is 6.42 Å². The maximum atomic E-state index is 10.6.